The Kier molecular flexibility index (Phi) is 8.06. The molecule has 1 aromatic heterocycles. The smallest absolute Gasteiger partial charge is 0.131 e. The molecule has 3 fully saturated rings. The van der Waals surface area contributed by atoms with Crippen molar-refractivity contribution in [2.24, 2.45) is 11.7 Å². The Morgan fingerprint density at radius 1 is 0.857 bits per heavy atom. The van der Waals surface area contributed by atoms with Gasteiger partial charge in [0, 0.05) is 45.3 Å². The summed E-state index contributed by atoms with van der Waals surface area (Å²) >= 11 is 0. The highest BCUT2D eigenvalue weighted by Crippen LogP contribution is 2.31. The van der Waals surface area contributed by atoms with Gasteiger partial charge in [-0.2, -0.15) is 0 Å². The van der Waals surface area contributed by atoms with E-state index >= 15 is 0 Å². The molecule has 1 aromatic carbocycles. The molecule has 1 saturated carbocycles. The average Bonchev–Trinajstić information content (AvgIpc) is 2.93. The fourth-order valence-corrected chi connectivity index (χ4v) is 5.61. The van der Waals surface area contributed by atoms with Gasteiger partial charge >= 0.3 is 0 Å². The van der Waals surface area contributed by atoms with E-state index in [0.29, 0.717) is 6.04 Å². The third-order valence-corrected chi connectivity index (χ3v) is 8.00. The first-order valence-corrected chi connectivity index (χ1v) is 13.4. The number of anilines is 2. The summed E-state index contributed by atoms with van der Waals surface area (Å²) < 4.78 is 10.9. The average molecular weight is 480 g/mol. The molecule has 1 aliphatic carbocycles. The number of pyridine rings is 1. The number of aromatic nitrogens is 1. The monoisotopic (exact) mass is 479 g/mol. The summed E-state index contributed by atoms with van der Waals surface area (Å²) in [5, 5.41) is 0. The van der Waals surface area contributed by atoms with Crippen LogP contribution in [0.5, 0.6) is 5.75 Å². The summed E-state index contributed by atoms with van der Waals surface area (Å²) in [4.78, 5) is 12.6. The zero-order valence-electron chi connectivity index (χ0n) is 21.2. The number of nitrogens with two attached hydrogens (primary N) is 1. The SMILES string of the molecule is COc1ccc(-c2cc(N3CCOCC3)nc(N3CCN(CC[C@H]4CC[C@H](N)CC4)CC3)c2)cc1. The van der Waals surface area contributed by atoms with Gasteiger partial charge in [-0.25, -0.2) is 4.98 Å². The van der Waals surface area contributed by atoms with Crippen LogP contribution in [0.3, 0.4) is 0 Å². The summed E-state index contributed by atoms with van der Waals surface area (Å²) in [6.45, 7) is 8.77. The van der Waals surface area contributed by atoms with Gasteiger partial charge in [0.15, 0.2) is 0 Å². The number of morpholine rings is 1. The molecule has 0 atom stereocenters. The molecular formula is C28H41N5O2. The first-order chi connectivity index (χ1) is 17.2. The van der Waals surface area contributed by atoms with Crippen molar-refractivity contribution in [3.8, 4) is 16.9 Å². The maximum Gasteiger partial charge on any atom is 0.131 e. The number of piperazine rings is 1. The highest BCUT2D eigenvalue weighted by Gasteiger charge is 2.23. The maximum absolute atomic E-state index is 6.09. The Hall–Kier alpha value is -2.35. The first-order valence-electron chi connectivity index (χ1n) is 13.4. The van der Waals surface area contributed by atoms with E-state index in [2.05, 4.69) is 39.0 Å². The number of ether oxygens (including phenoxy) is 2. The third-order valence-electron chi connectivity index (χ3n) is 8.00. The minimum absolute atomic E-state index is 0.443. The number of methoxy groups -OCH3 is 1. The van der Waals surface area contributed by atoms with E-state index in [1.165, 1.54) is 49.8 Å². The summed E-state index contributed by atoms with van der Waals surface area (Å²) in [5.41, 5.74) is 8.48. The number of nitrogens with zero attached hydrogens (tertiary/aromatic N) is 4. The highest BCUT2D eigenvalue weighted by molar-refractivity contribution is 5.71. The Balaban J connectivity index is 1.26. The van der Waals surface area contributed by atoms with Crippen molar-refractivity contribution in [1.29, 1.82) is 0 Å². The predicted molar refractivity (Wildman–Crippen MR) is 142 cm³/mol. The molecule has 0 radical (unpaired) electrons. The lowest BCUT2D eigenvalue weighted by Crippen LogP contribution is -2.47. The molecule has 3 aliphatic rings. The normalized spacial score (nSPS) is 23.9. The van der Waals surface area contributed by atoms with Crippen LogP contribution in [0.2, 0.25) is 0 Å². The van der Waals surface area contributed by atoms with Crippen molar-refractivity contribution in [2.45, 2.75) is 38.1 Å². The molecule has 190 valence electrons. The second-order valence-electron chi connectivity index (χ2n) is 10.3. The largest absolute Gasteiger partial charge is 0.497 e. The first kappa shape index (κ1) is 24.3. The van der Waals surface area contributed by atoms with Crippen LogP contribution < -0.4 is 20.3 Å². The Morgan fingerprint density at radius 2 is 1.49 bits per heavy atom. The van der Waals surface area contributed by atoms with E-state index in [-0.39, 0.29) is 0 Å². The van der Waals surface area contributed by atoms with Crippen LogP contribution in [0.25, 0.3) is 11.1 Å². The fourth-order valence-electron chi connectivity index (χ4n) is 5.61. The third kappa shape index (κ3) is 6.26. The lowest BCUT2D eigenvalue weighted by molar-refractivity contribution is 0.122. The van der Waals surface area contributed by atoms with E-state index in [9.17, 15) is 0 Å². The molecule has 2 aliphatic heterocycles. The minimum Gasteiger partial charge on any atom is -0.497 e. The van der Waals surface area contributed by atoms with E-state index in [4.69, 9.17) is 20.2 Å². The lowest BCUT2D eigenvalue weighted by atomic mass is 9.84. The van der Waals surface area contributed by atoms with Crippen LogP contribution >= 0.6 is 0 Å². The molecule has 0 amide bonds. The van der Waals surface area contributed by atoms with Crippen LogP contribution in [-0.4, -0.2) is 82.1 Å². The van der Waals surface area contributed by atoms with Gasteiger partial charge in [-0.15, -0.1) is 0 Å². The van der Waals surface area contributed by atoms with Crippen molar-refractivity contribution in [1.82, 2.24) is 9.88 Å². The maximum atomic E-state index is 6.09. The molecule has 0 bridgehead atoms. The molecular weight excluding hydrogens is 438 g/mol. The van der Waals surface area contributed by atoms with Gasteiger partial charge in [0.1, 0.15) is 17.4 Å². The molecule has 2 aromatic rings. The molecule has 2 N–H and O–H groups in total. The predicted octanol–water partition coefficient (Wildman–Crippen LogP) is 3.62. The van der Waals surface area contributed by atoms with Crippen LogP contribution in [-0.2, 0) is 4.74 Å². The minimum atomic E-state index is 0.443. The Labute approximate surface area is 210 Å². The van der Waals surface area contributed by atoms with E-state index in [0.717, 1.165) is 75.8 Å². The molecule has 0 unspecified atom stereocenters. The summed E-state index contributed by atoms with van der Waals surface area (Å²) in [7, 11) is 1.71. The van der Waals surface area contributed by atoms with Crippen LogP contribution in [0.1, 0.15) is 32.1 Å². The van der Waals surface area contributed by atoms with Crippen molar-refractivity contribution in [3.05, 3.63) is 36.4 Å². The molecule has 5 rings (SSSR count). The van der Waals surface area contributed by atoms with Crippen molar-refractivity contribution < 1.29 is 9.47 Å². The van der Waals surface area contributed by atoms with Crippen molar-refractivity contribution >= 4 is 11.6 Å². The van der Waals surface area contributed by atoms with Gasteiger partial charge in [0.2, 0.25) is 0 Å². The van der Waals surface area contributed by atoms with E-state index in [1.807, 2.05) is 12.1 Å². The molecule has 2 saturated heterocycles. The van der Waals surface area contributed by atoms with Gasteiger partial charge in [-0.05, 0) is 80.0 Å². The van der Waals surface area contributed by atoms with Gasteiger partial charge < -0.3 is 25.0 Å². The zero-order valence-corrected chi connectivity index (χ0v) is 21.2. The number of hydrogen-bond donors (Lipinski definition) is 1. The van der Waals surface area contributed by atoms with Crippen molar-refractivity contribution in [2.75, 3.05) is 75.9 Å². The Morgan fingerprint density at radius 3 is 2.11 bits per heavy atom. The van der Waals surface area contributed by atoms with E-state index in [1.54, 1.807) is 7.11 Å². The van der Waals surface area contributed by atoms with E-state index < -0.39 is 0 Å². The van der Waals surface area contributed by atoms with Crippen LogP contribution in [0.15, 0.2) is 36.4 Å². The summed E-state index contributed by atoms with van der Waals surface area (Å²) in [5.74, 6) is 3.88. The number of rotatable bonds is 7. The van der Waals surface area contributed by atoms with Crippen molar-refractivity contribution in [3.63, 3.8) is 0 Å². The zero-order chi connectivity index (χ0) is 24.0. The fraction of sp³-hybridized carbons (Fsp3) is 0.607. The standard InChI is InChI=1S/C28H41N5O2/c1-34-26-8-4-23(5-9-26)24-20-27(30-28(21-24)33-16-18-35-19-17-33)32-14-12-31(13-15-32)11-10-22-2-6-25(29)7-3-22/h4-5,8-9,20-22,25H,2-3,6-7,10-19,29H2,1H3/t22-,25-. The van der Waals surface area contributed by atoms with Crippen LogP contribution in [0.4, 0.5) is 11.6 Å². The van der Waals surface area contributed by atoms with Gasteiger partial charge in [-0.1, -0.05) is 12.1 Å². The second kappa shape index (κ2) is 11.6. The highest BCUT2D eigenvalue weighted by atomic mass is 16.5. The van der Waals surface area contributed by atoms with Gasteiger partial charge in [-0.3, -0.25) is 4.90 Å². The summed E-state index contributed by atoms with van der Waals surface area (Å²) in [6.07, 6.45) is 6.36. The number of benzene rings is 1. The number of hydrogen-bond acceptors (Lipinski definition) is 7. The molecule has 7 heteroatoms. The topological polar surface area (TPSA) is 67.1 Å². The second-order valence-corrected chi connectivity index (χ2v) is 10.3. The van der Waals surface area contributed by atoms with Gasteiger partial charge in [0.05, 0.1) is 20.3 Å². The van der Waals surface area contributed by atoms with Gasteiger partial charge in [0.25, 0.3) is 0 Å². The lowest BCUT2D eigenvalue weighted by Gasteiger charge is -2.37. The van der Waals surface area contributed by atoms with Crippen LogP contribution in [0, 0.1) is 5.92 Å². The molecule has 3 heterocycles. The molecule has 7 nitrogen and oxygen atoms in total. The molecule has 35 heavy (non-hydrogen) atoms. The summed E-state index contributed by atoms with van der Waals surface area (Å²) in [6, 6.07) is 13.3. The Bertz CT molecular complexity index is 931. The molecule has 0 spiro atoms. The quantitative estimate of drug-likeness (QED) is 0.651.